The van der Waals surface area contributed by atoms with Gasteiger partial charge in [0.2, 0.25) is 5.91 Å². The summed E-state index contributed by atoms with van der Waals surface area (Å²) in [7, 11) is 0. The number of carbonyl (C=O) groups is 2. The second-order valence-electron chi connectivity index (χ2n) is 6.91. The van der Waals surface area contributed by atoms with E-state index in [4.69, 9.17) is 5.11 Å². The van der Waals surface area contributed by atoms with Gasteiger partial charge in [-0.25, -0.2) is 0 Å². The molecule has 1 aliphatic rings. The van der Waals surface area contributed by atoms with Crippen molar-refractivity contribution in [3.63, 3.8) is 0 Å². The van der Waals surface area contributed by atoms with Crippen LogP contribution in [0.5, 0.6) is 0 Å². The first-order valence-electron chi connectivity index (χ1n) is 7.46. The second kappa shape index (κ2) is 7.07. The van der Waals surface area contributed by atoms with Crippen molar-refractivity contribution in [1.82, 2.24) is 10.2 Å². The molecule has 1 heterocycles. The molecule has 2 N–H and O–H groups in total. The minimum absolute atomic E-state index is 0.0397. The third-order valence-corrected chi connectivity index (χ3v) is 3.69. The van der Waals surface area contributed by atoms with E-state index in [1.54, 1.807) is 0 Å². The number of amides is 1. The molecule has 1 amide bonds. The van der Waals surface area contributed by atoms with Gasteiger partial charge >= 0.3 is 5.97 Å². The van der Waals surface area contributed by atoms with E-state index < -0.39 is 11.5 Å². The van der Waals surface area contributed by atoms with E-state index in [1.165, 1.54) is 0 Å². The van der Waals surface area contributed by atoms with Gasteiger partial charge in [0, 0.05) is 25.0 Å². The molecule has 1 rings (SSSR count). The molecule has 116 valence electrons. The van der Waals surface area contributed by atoms with Gasteiger partial charge in [0.05, 0.1) is 5.92 Å². The molecule has 1 fully saturated rings. The van der Waals surface area contributed by atoms with Crippen LogP contribution in [0.15, 0.2) is 0 Å². The Balaban J connectivity index is 2.41. The molecule has 1 aliphatic heterocycles. The number of nitrogens with one attached hydrogen (secondary N) is 1. The van der Waals surface area contributed by atoms with Crippen LogP contribution in [-0.2, 0) is 9.59 Å². The fourth-order valence-corrected chi connectivity index (χ4v) is 2.65. The summed E-state index contributed by atoms with van der Waals surface area (Å²) in [4.78, 5) is 25.2. The molecule has 0 aromatic heterocycles. The third-order valence-electron chi connectivity index (χ3n) is 3.69. The number of hydrogen-bond acceptors (Lipinski definition) is 3. The number of nitrogens with zero attached hydrogens (tertiary/aromatic N) is 1. The standard InChI is InChI=1S/C15H28N2O3/c1-11(2)9-17-8-6-12(10-17)14(20)16-15(3,4)7-5-13(18)19/h11-12H,5-10H2,1-4H3,(H,16,20)(H,18,19)/t12-/m1/s1. The Morgan fingerprint density at radius 1 is 1.40 bits per heavy atom. The molecule has 5 heteroatoms. The summed E-state index contributed by atoms with van der Waals surface area (Å²) >= 11 is 0. The topological polar surface area (TPSA) is 69.6 Å². The largest absolute Gasteiger partial charge is 0.481 e. The van der Waals surface area contributed by atoms with Gasteiger partial charge in [0.1, 0.15) is 0 Å². The van der Waals surface area contributed by atoms with E-state index in [9.17, 15) is 9.59 Å². The van der Waals surface area contributed by atoms with Crippen LogP contribution in [-0.4, -0.2) is 47.1 Å². The molecular weight excluding hydrogens is 256 g/mol. The van der Waals surface area contributed by atoms with Crippen molar-refractivity contribution in [1.29, 1.82) is 0 Å². The Labute approximate surface area is 121 Å². The zero-order chi connectivity index (χ0) is 15.3. The average Bonchev–Trinajstić information content (AvgIpc) is 2.73. The quantitative estimate of drug-likeness (QED) is 0.747. The van der Waals surface area contributed by atoms with Gasteiger partial charge in [-0.05, 0) is 39.2 Å². The summed E-state index contributed by atoms with van der Waals surface area (Å²) in [6.07, 6.45) is 1.43. The molecule has 1 saturated heterocycles. The summed E-state index contributed by atoms with van der Waals surface area (Å²) < 4.78 is 0. The molecule has 0 spiro atoms. The Kier molecular flexibility index (Phi) is 5.99. The predicted molar refractivity (Wildman–Crippen MR) is 78.5 cm³/mol. The Morgan fingerprint density at radius 3 is 2.60 bits per heavy atom. The molecule has 0 aliphatic carbocycles. The molecule has 0 bridgehead atoms. The molecule has 20 heavy (non-hydrogen) atoms. The van der Waals surface area contributed by atoms with Crippen LogP contribution in [0.3, 0.4) is 0 Å². The van der Waals surface area contributed by atoms with Crippen molar-refractivity contribution in [2.24, 2.45) is 11.8 Å². The van der Waals surface area contributed by atoms with E-state index >= 15 is 0 Å². The zero-order valence-electron chi connectivity index (χ0n) is 13.1. The first-order valence-corrected chi connectivity index (χ1v) is 7.46. The summed E-state index contributed by atoms with van der Waals surface area (Å²) in [5.74, 6) is -0.107. The average molecular weight is 284 g/mol. The maximum absolute atomic E-state index is 12.3. The lowest BCUT2D eigenvalue weighted by Gasteiger charge is -2.27. The molecular formula is C15H28N2O3. The molecule has 0 aromatic rings. The monoisotopic (exact) mass is 284 g/mol. The number of rotatable bonds is 7. The summed E-state index contributed by atoms with van der Waals surface area (Å²) in [5.41, 5.74) is -0.457. The van der Waals surface area contributed by atoms with Gasteiger partial charge < -0.3 is 15.3 Å². The van der Waals surface area contributed by atoms with E-state index in [1.807, 2.05) is 13.8 Å². The minimum Gasteiger partial charge on any atom is -0.481 e. The summed E-state index contributed by atoms with van der Waals surface area (Å²) in [6.45, 7) is 11.0. The third kappa shape index (κ3) is 5.90. The highest BCUT2D eigenvalue weighted by Crippen LogP contribution is 2.20. The van der Waals surface area contributed by atoms with Gasteiger partial charge in [-0.15, -0.1) is 0 Å². The van der Waals surface area contributed by atoms with Crippen molar-refractivity contribution >= 4 is 11.9 Å². The van der Waals surface area contributed by atoms with Crippen LogP contribution >= 0.6 is 0 Å². The number of carbonyl (C=O) groups excluding carboxylic acids is 1. The molecule has 0 radical (unpaired) electrons. The fraction of sp³-hybridized carbons (Fsp3) is 0.867. The first-order chi connectivity index (χ1) is 9.19. The lowest BCUT2D eigenvalue weighted by molar-refractivity contribution is -0.138. The fourth-order valence-electron chi connectivity index (χ4n) is 2.65. The van der Waals surface area contributed by atoms with Crippen LogP contribution in [0, 0.1) is 11.8 Å². The molecule has 1 atom stereocenters. The SMILES string of the molecule is CC(C)CN1CC[C@@H](C(=O)NC(C)(C)CCC(=O)O)C1. The lowest BCUT2D eigenvalue weighted by atomic mass is 9.96. The van der Waals surface area contributed by atoms with Gasteiger partial charge in [-0.2, -0.15) is 0 Å². The van der Waals surface area contributed by atoms with Gasteiger partial charge in [-0.3, -0.25) is 9.59 Å². The van der Waals surface area contributed by atoms with Crippen molar-refractivity contribution in [2.75, 3.05) is 19.6 Å². The van der Waals surface area contributed by atoms with Crippen molar-refractivity contribution in [3.8, 4) is 0 Å². The van der Waals surface area contributed by atoms with Gasteiger partial charge in [-0.1, -0.05) is 13.8 Å². The number of aliphatic carboxylic acids is 1. The maximum Gasteiger partial charge on any atom is 0.303 e. The first kappa shape index (κ1) is 17.0. The van der Waals surface area contributed by atoms with Crippen molar-refractivity contribution in [3.05, 3.63) is 0 Å². The summed E-state index contributed by atoms with van der Waals surface area (Å²) in [5, 5.41) is 11.7. The number of hydrogen-bond donors (Lipinski definition) is 2. The van der Waals surface area contributed by atoms with Crippen LogP contribution in [0.2, 0.25) is 0 Å². The number of carboxylic acid groups (broad SMARTS) is 1. The normalized spacial score (nSPS) is 20.4. The van der Waals surface area contributed by atoms with E-state index in [2.05, 4.69) is 24.1 Å². The molecule has 0 aromatic carbocycles. The maximum atomic E-state index is 12.3. The minimum atomic E-state index is -0.823. The molecule has 0 saturated carbocycles. The summed E-state index contributed by atoms with van der Waals surface area (Å²) in [6, 6.07) is 0. The van der Waals surface area contributed by atoms with E-state index in [0.29, 0.717) is 12.3 Å². The van der Waals surface area contributed by atoms with Gasteiger partial charge in [0.15, 0.2) is 0 Å². The molecule has 0 unspecified atom stereocenters. The zero-order valence-corrected chi connectivity index (χ0v) is 13.1. The van der Waals surface area contributed by atoms with Crippen molar-refractivity contribution in [2.45, 2.75) is 52.5 Å². The van der Waals surface area contributed by atoms with Crippen molar-refractivity contribution < 1.29 is 14.7 Å². The lowest BCUT2D eigenvalue weighted by Crippen LogP contribution is -2.47. The van der Waals surface area contributed by atoms with Crippen LogP contribution < -0.4 is 5.32 Å². The van der Waals surface area contributed by atoms with Crippen LogP contribution in [0.1, 0.15) is 47.0 Å². The smallest absolute Gasteiger partial charge is 0.303 e. The Hall–Kier alpha value is -1.10. The Morgan fingerprint density at radius 2 is 2.05 bits per heavy atom. The highest BCUT2D eigenvalue weighted by molar-refractivity contribution is 5.80. The number of carboxylic acids is 1. The van der Waals surface area contributed by atoms with E-state index in [0.717, 1.165) is 26.1 Å². The molecule has 5 nitrogen and oxygen atoms in total. The van der Waals surface area contributed by atoms with Gasteiger partial charge in [0.25, 0.3) is 0 Å². The van der Waals surface area contributed by atoms with Crippen LogP contribution in [0.25, 0.3) is 0 Å². The number of likely N-dealkylation sites (tertiary alicyclic amines) is 1. The van der Waals surface area contributed by atoms with E-state index in [-0.39, 0.29) is 18.2 Å². The predicted octanol–water partition coefficient (Wildman–Crippen LogP) is 1.72. The highest BCUT2D eigenvalue weighted by Gasteiger charge is 2.31. The van der Waals surface area contributed by atoms with Crippen LogP contribution in [0.4, 0.5) is 0 Å². The second-order valence-corrected chi connectivity index (χ2v) is 6.91. The highest BCUT2D eigenvalue weighted by atomic mass is 16.4. The Bertz CT molecular complexity index is 353.